The van der Waals surface area contributed by atoms with Gasteiger partial charge >= 0.3 is 0 Å². The Labute approximate surface area is 130 Å². The van der Waals surface area contributed by atoms with Crippen molar-refractivity contribution in [2.24, 2.45) is 7.05 Å². The van der Waals surface area contributed by atoms with Gasteiger partial charge in [0.1, 0.15) is 11.9 Å². The fourth-order valence-electron chi connectivity index (χ4n) is 1.92. The van der Waals surface area contributed by atoms with Crippen LogP contribution in [0.15, 0.2) is 41.1 Å². The molecule has 7 nitrogen and oxygen atoms in total. The molecule has 0 aliphatic carbocycles. The van der Waals surface area contributed by atoms with Crippen LogP contribution in [-0.4, -0.2) is 32.6 Å². The number of carbonyl (C=O) groups is 1. The van der Waals surface area contributed by atoms with Gasteiger partial charge in [-0.3, -0.25) is 9.48 Å². The van der Waals surface area contributed by atoms with E-state index < -0.39 is 6.10 Å². The van der Waals surface area contributed by atoms with Crippen LogP contribution in [-0.2, 0) is 7.05 Å². The third-order valence-corrected chi connectivity index (χ3v) is 4.21. The second-order valence-corrected chi connectivity index (χ2v) is 5.80. The Balaban J connectivity index is 1.60. The van der Waals surface area contributed by atoms with Crippen molar-refractivity contribution in [2.45, 2.75) is 6.10 Å². The van der Waals surface area contributed by atoms with Crippen molar-refractivity contribution in [3.63, 3.8) is 0 Å². The smallest absolute Gasteiger partial charge is 0.273 e. The predicted octanol–water partition coefficient (Wildman–Crippen LogP) is 1.60. The molecule has 0 aliphatic heterocycles. The summed E-state index contributed by atoms with van der Waals surface area (Å²) >= 11 is 1.42. The van der Waals surface area contributed by atoms with Crippen LogP contribution in [0.3, 0.4) is 0 Å². The first-order valence-corrected chi connectivity index (χ1v) is 7.41. The van der Waals surface area contributed by atoms with E-state index in [4.69, 9.17) is 4.42 Å². The van der Waals surface area contributed by atoms with Crippen molar-refractivity contribution in [3.05, 3.63) is 47.3 Å². The lowest BCUT2D eigenvalue weighted by atomic mass is 10.2. The third kappa shape index (κ3) is 3.07. The number of hydrogen-bond acceptors (Lipinski definition) is 6. The van der Waals surface area contributed by atoms with Crippen LogP contribution >= 0.6 is 11.3 Å². The molecule has 0 radical (unpaired) electrons. The Kier molecular flexibility index (Phi) is 4.03. The molecule has 0 saturated carbocycles. The number of aliphatic hydroxyl groups excluding tert-OH is 1. The van der Waals surface area contributed by atoms with Gasteiger partial charge in [-0.15, -0.1) is 16.4 Å². The Morgan fingerprint density at radius 1 is 1.50 bits per heavy atom. The van der Waals surface area contributed by atoms with Gasteiger partial charge in [-0.25, -0.2) is 0 Å². The van der Waals surface area contributed by atoms with Crippen LogP contribution in [0.1, 0.15) is 21.5 Å². The summed E-state index contributed by atoms with van der Waals surface area (Å²) in [4.78, 5) is 13.5. The first-order chi connectivity index (χ1) is 10.6. The van der Waals surface area contributed by atoms with Crippen molar-refractivity contribution in [3.8, 4) is 10.6 Å². The summed E-state index contributed by atoms with van der Waals surface area (Å²) in [6.07, 6.45) is 2.34. The van der Waals surface area contributed by atoms with E-state index in [0.717, 1.165) is 15.5 Å². The molecule has 3 rings (SSSR count). The van der Waals surface area contributed by atoms with Crippen molar-refractivity contribution in [1.29, 1.82) is 0 Å². The van der Waals surface area contributed by atoms with Gasteiger partial charge in [0.2, 0.25) is 0 Å². The van der Waals surface area contributed by atoms with E-state index in [2.05, 4.69) is 15.6 Å². The lowest BCUT2D eigenvalue weighted by molar-refractivity contribution is 0.0913. The fourth-order valence-corrected chi connectivity index (χ4v) is 2.88. The molecule has 0 fully saturated rings. The average Bonchev–Trinajstić information content (AvgIpc) is 3.23. The Bertz CT molecular complexity index is 763. The second kappa shape index (κ2) is 6.12. The zero-order valence-corrected chi connectivity index (χ0v) is 12.6. The molecule has 22 heavy (non-hydrogen) atoms. The first kappa shape index (κ1) is 14.5. The fraction of sp³-hybridized carbons (Fsp3) is 0.214. The van der Waals surface area contributed by atoms with Crippen LogP contribution in [0.5, 0.6) is 0 Å². The number of rotatable bonds is 5. The molecule has 0 saturated heterocycles. The maximum atomic E-state index is 11.8. The SMILES string of the molecule is Cn1cc(C(=O)NCC(O)c2ccc(-c3ccco3)s2)nn1. The van der Waals surface area contributed by atoms with E-state index in [1.807, 2.05) is 24.3 Å². The number of amides is 1. The number of furan rings is 1. The highest BCUT2D eigenvalue weighted by Crippen LogP contribution is 2.31. The minimum absolute atomic E-state index is 0.105. The molecule has 0 aromatic carbocycles. The number of aryl methyl sites for hydroxylation is 1. The number of nitrogens with zero attached hydrogens (tertiary/aromatic N) is 3. The predicted molar refractivity (Wildman–Crippen MR) is 80.3 cm³/mol. The van der Waals surface area contributed by atoms with Crippen LogP contribution in [0.4, 0.5) is 0 Å². The van der Waals surface area contributed by atoms with Crippen molar-refractivity contribution in [1.82, 2.24) is 20.3 Å². The second-order valence-electron chi connectivity index (χ2n) is 4.68. The number of hydrogen-bond donors (Lipinski definition) is 2. The zero-order valence-electron chi connectivity index (χ0n) is 11.8. The molecule has 8 heteroatoms. The number of carbonyl (C=O) groups excluding carboxylic acids is 1. The van der Waals surface area contributed by atoms with Crippen molar-refractivity contribution in [2.75, 3.05) is 6.54 Å². The van der Waals surface area contributed by atoms with Gasteiger partial charge in [-0.2, -0.15) is 0 Å². The molecule has 2 N–H and O–H groups in total. The number of thiophene rings is 1. The summed E-state index contributed by atoms with van der Waals surface area (Å²) in [5.41, 5.74) is 0.220. The van der Waals surface area contributed by atoms with Gasteiger partial charge in [0.05, 0.1) is 17.3 Å². The van der Waals surface area contributed by atoms with Gasteiger partial charge in [0.15, 0.2) is 5.69 Å². The molecule has 1 atom stereocenters. The van der Waals surface area contributed by atoms with Crippen molar-refractivity contribution >= 4 is 17.2 Å². The maximum Gasteiger partial charge on any atom is 0.273 e. The number of nitrogens with one attached hydrogen (secondary N) is 1. The van der Waals surface area contributed by atoms with Crippen molar-refractivity contribution < 1.29 is 14.3 Å². The molecule has 0 aliphatic rings. The van der Waals surface area contributed by atoms with E-state index in [-0.39, 0.29) is 18.1 Å². The minimum Gasteiger partial charge on any atom is -0.464 e. The molecule has 0 bridgehead atoms. The van der Waals surface area contributed by atoms with Crippen LogP contribution in [0.2, 0.25) is 0 Å². The first-order valence-electron chi connectivity index (χ1n) is 6.59. The van der Waals surface area contributed by atoms with E-state index >= 15 is 0 Å². The summed E-state index contributed by atoms with van der Waals surface area (Å²) < 4.78 is 6.76. The van der Waals surface area contributed by atoms with Crippen LogP contribution < -0.4 is 5.32 Å². The van der Waals surface area contributed by atoms with E-state index in [1.165, 1.54) is 22.2 Å². The molecule has 3 aromatic rings. The summed E-state index contributed by atoms with van der Waals surface area (Å²) in [5.74, 6) is 0.391. The quantitative estimate of drug-likeness (QED) is 0.745. The normalized spacial score (nSPS) is 12.3. The molecule has 0 spiro atoms. The highest BCUT2D eigenvalue weighted by Gasteiger charge is 2.15. The van der Waals surface area contributed by atoms with E-state index in [1.54, 1.807) is 13.3 Å². The summed E-state index contributed by atoms with van der Waals surface area (Å²) in [5, 5.41) is 20.2. The van der Waals surface area contributed by atoms with E-state index in [0.29, 0.717) is 0 Å². The molecular formula is C14H14N4O3S. The largest absolute Gasteiger partial charge is 0.464 e. The zero-order chi connectivity index (χ0) is 15.5. The van der Waals surface area contributed by atoms with Crippen LogP contribution in [0.25, 0.3) is 10.6 Å². The minimum atomic E-state index is -0.783. The van der Waals surface area contributed by atoms with Gasteiger partial charge in [-0.1, -0.05) is 5.21 Å². The maximum absolute atomic E-state index is 11.8. The highest BCUT2D eigenvalue weighted by atomic mass is 32.1. The highest BCUT2D eigenvalue weighted by molar-refractivity contribution is 7.15. The molecule has 1 unspecified atom stereocenters. The van der Waals surface area contributed by atoms with E-state index in [9.17, 15) is 9.90 Å². The summed E-state index contributed by atoms with van der Waals surface area (Å²) in [6, 6.07) is 7.37. The Morgan fingerprint density at radius 2 is 2.36 bits per heavy atom. The molecule has 1 amide bonds. The molecule has 114 valence electrons. The standard InChI is InChI=1S/C14H14N4O3S/c1-18-8-9(16-17-18)14(20)15-7-10(19)12-4-5-13(22-12)11-3-2-6-21-11/h2-6,8,10,19H,7H2,1H3,(H,15,20). The molecule has 3 aromatic heterocycles. The molecular weight excluding hydrogens is 304 g/mol. The monoisotopic (exact) mass is 318 g/mol. The number of aliphatic hydroxyl groups is 1. The Morgan fingerprint density at radius 3 is 3.05 bits per heavy atom. The van der Waals surface area contributed by atoms with Gasteiger partial charge in [0.25, 0.3) is 5.91 Å². The molecule has 3 heterocycles. The van der Waals surface area contributed by atoms with Gasteiger partial charge in [-0.05, 0) is 24.3 Å². The number of aromatic nitrogens is 3. The lowest BCUT2D eigenvalue weighted by Gasteiger charge is -2.08. The van der Waals surface area contributed by atoms with Gasteiger partial charge in [0, 0.05) is 18.5 Å². The average molecular weight is 318 g/mol. The summed E-state index contributed by atoms with van der Waals surface area (Å²) in [7, 11) is 1.68. The Hall–Kier alpha value is -2.45. The third-order valence-electron chi connectivity index (χ3n) is 3.01. The van der Waals surface area contributed by atoms with Gasteiger partial charge < -0.3 is 14.8 Å². The van der Waals surface area contributed by atoms with Crippen LogP contribution in [0, 0.1) is 0 Å². The topological polar surface area (TPSA) is 93.2 Å². The lowest BCUT2D eigenvalue weighted by Crippen LogP contribution is -2.28. The summed E-state index contributed by atoms with van der Waals surface area (Å²) in [6.45, 7) is 0.105.